The van der Waals surface area contributed by atoms with Gasteiger partial charge in [0.05, 0.1) is 12.7 Å². The topological polar surface area (TPSA) is 334 Å². The number of hydrogen-bond donors (Lipinski definition) is 8. The van der Waals surface area contributed by atoms with E-state index in [1.807, 2.05) is 27.7 Å². The van der Waals surface area contributed by atoms with Crippen molar-refractivity contribution in [2.45, 2.75) is 173 Å². The Kier molecular flexibility index (Phi) is 22.3. The van der Waals surface area contributed by atoms with Crippen molar-refractivity contribution in [3.8, 4) is 5.75 Å². The third-order valence-corrected chi connectivity index (χ3v) is 17.3. The molecule has 2 aromatic carbocycles. The molecule has 5 aliphatic rings. The summed E-state index contributed by atoms with van der Waals surface area (Å²) in [5.41, 5.74) is 1.15. The highest BCUT2D eigenvalue weighted by molar-refractivity contribution is 6.00. The Morgan fingerprint density at radius 3 is 1.91 bits per heavy atom. The number of aromatic hydroxyl groups is 1. The summed E-state index contributed by atoms with van der Waals surface area (Å²) in [6.45, 7) is 10.0. The summed E-state index contributed by atoms with van der Waals surface area (Å²) in [5.74, 6) is -9.93. The van der Waals surface area contributed by atoms with Crippen molar-refractivity contribution in [3.05, 3.63) is 65.7 Å². The molecular formula is C61H86N10O15. The number of amides is 10. The highest BCUT2D eigenvalue weighted by Crippen LogP contribution is 2.32. The fraction of sp³-hybridized carbons (Fsp3) is 0.623. The molecule has 0 bridgehead atoms. The molecule has 5 aliphatic heterocycles. The lowest BCUT2D eigenvalue weighted by molar-refractivity contribution is -0.158. The summed E-state index contributed by atoms with van der Waals surface area (Å²) < 4.78 is 5.95. The molecule has 10 amide bonds. The Morgan fingerprint density at radius 2 is 1.28 bits per heavy atom. The largest absolute Gasteiger partial charge is 0.508 e. The van der Waals surface area contributed by atoms with Gasteiger partial charge in [-0.2, -0.15) is 0 Å². The van der Waals surface area contributed by atoms with Crippen LogP contribution in [0.1, 0.15) is 105 Å². The number of aliphatic hydroxyl groups excluding tert-OH is 2. The van der Waals surface area contributed by atoms with Gasteiger partial charge in [0.2, 0.25) is 59.1 Å². The monoisotopic (exact) mass is 1200 g/mol. The average molecular weight is 1200 g/mol. The second-order valence-electron chi connectivity index (χ2n) is 24.5. The lowest BCUT2D eigenvalue weighted by atomic mass is 9.95. The molecule has 0 radical (unpaired) electrons. The zero-order valence-electron chi connectivity index (χ0n) is 50.4. The van der Waals surface area contributed by atoms with Crippen molar-refractivity contribution in [1.82, 2.24) is 51.1 Å². The number of hydrogen-bond acceptors (Lipinski definition) is 15. The van der Waals surface area contributed by atoms with Gasteiger partial charge in [-0.3, -0.25) is 47.9 Å². The molecule has 25 nitrogen and oxygen atoms in total. The van der Waals surface area contributed by atoms with E-state index in [9.17, 15) is 63.3 Å². The molecule has 14 atom stereocenters. The standard InChI is InChI=1S/C61H86N10O15/c1-9-36(6)51-56(80)63-43(25-39-17-19-40(74)20-18-39)52(76)64-44(31-72)57(81)71-30-41(75)27-49(71)60(84)68-21-13-16-46(68)59(83)70-29-35(5)24-50(70)61(85)86-32-45(65-54(78)47(67(8)37(7)73)26-38-14-11-10-12-15-38)58(82)69-28-34(4)23-48(69)55(79)62-42(22-33(2)3)53(77)66-51/h10-12,14-15,17-20,33-36,41-51,72,74-75H,9,13,16,21-32H2,1-8H3,(H,62,79)(H,63,80)(H,64,76)(H,65,78)(H,66,77)/t34-,35-,36-,41+,42+,43-,44?,45?,46-,47-,48-,49-,50-,51-/m0/s1. The van der Waals surface area contributed by atoms with Crippen molar-refractivity contribution >= 4 is 65.0 Å². The van der Waals surface area contributed by atoms with Crippen LogP contribution in [0.2, 0.25) is 0 Å². The van der Waals surface area contributed by atoms with E-state index in [1.165, 1.54) is 57.8 Å². The Balaban J connectivity index is 1.28. The first-order valence-electron chi connectivity index (χ1n) is 30.0. The van der Waals surface area contributed by atoms with Gasteiger partial charge >= 0.3 is 5.97 Å². The number of fused-ring (bicyclic) bond motifs is 4. The number of rotatable bonds is 12. The van der Waals surface area contributed by atoms with Gasteiger partial charge in [0.25, 0.3) is 0 Å². The van der Waals surface area contributed by atoms with Crippen LogP contribution in [0.5, 0.6) is 5.75 Å². The maximum Gasteiger partial charge on any atom is 0.328 e. The fourth-order valence-corrected chi connectivity index (χ4v) is 12.3. The Bertz CT molecular complexity index is 2820. The van der Waals surface area contributed by atoms with Gasteiger partial charge in [-0.05, 0) is 79.0 Å². The molecule has 0 spiro atoms. The summed E-state index contributed by atoms with van der Waals surface area (Å²) >= 11 is 0. The molecule has 25 heteroatoms. The Labute approximate surface area is 501 Å². The van der Waals surface area contributed by atoms with E-state index < -0.39 is 151 Å². The first kappa shape index (κ1) is 65.9. The number of likely N-dealkylation sites (N-methyl/N-ethyl adjacent to an activating group) is 1. The number of carbonyl (C=O) groups is 11. The molecule has 2 aromatic rings. The summed E-state index contributed by atoms with van der Waals surface area (Å²) in [5, 5.41) is 45.5. The van der Waals surface area contributed by atoms with Crippen molar-refractivity contribution in [2.75, 3.05) is 46.4 Å². The number of carbonyl (C=O) groups excluding carboxylic acids is 11. The molecule has 0 aliphatic carbocycles. The van der Waals surface area contributed by atoms with E-state index in [0.717, 1.165) is 4.90 Å². The number of nitrogens with zero attached hydrogens (tertiary/aromatic N) is 5. The van der Waals surface area contributed by atoms with Crippen molar-refractivity contribution in [1.29, 1.82) is 0 Å². The molecule has 86 heavy (non-hydrogen) atoms. The van der Waals surface area contributed by atoms with E-state index in [1.54, 1.807) is 44.2 Å². The second kappa shape index (κ2) is 29.1. The van der Waals surface area contributed by atoms with Crippen LogP contribution < -0.4 is 26.6 Å². The summed E-state index contributed by atoms with van der Waals surface area (Å²) in [6, 6.07) is 1.04. The first-order valence-corrected chi connectivity index (χ1v) is 30.0. The number of benzene rings is 2. The normalized spacial score (nSPS) is 29.3. The van der Waals surface area contributed by atoms with Crippen molar-refractivity contribution in [2.24, 2.45) is 23.7 Å². The van der Waals surface area contributed by atoms with Crippen LogP contribution in [0.15, 0.2) is 54.6 Å². The van der Waals surface area contributed by atoms with Gasteiger partial charge < -0.3 is 71.1 Å². The van der Waals surface area contributed by atoms with Gasteiger partial charge in [0.15, 0.2) is 0 Å². The first-order chi connectivity index (χ1) is 40.8. The quantitative estimate of drug-likeness (QED) is 0.125. The lowest BCUT2D eigenvalue weighted by Crippen LogP contribution is -2.62. The van der Waals surface area contributed by atoms with Gasteiger partial charge in [-0.25, -0.2) is 4.79 Å². The molecule has 0 aromatic heterocycles. The highest BCUT2D eigenvalue weighted by Gasteiger charge is 2.50. The number of esters is 1. The number of phenols is 1. The summed E-state index contributed by atoms with van der Waals surface area (Å²) in [6.07, 6.45) is -0.505. The summed E-state index contributed by atoms with van der Waals surface area (Å²) in [7, 11) is 1.44. The zero-order chi connectivity index (χ0) is 62.8. The van der Waals surface area contributed by atoms with E-state index in [-0.39, 0.29) is 94.6 Å². The van der Waals surface area contributed by atoms with Crippen LogP contribution in [-0.2, 0) is 70.3 Å². The molecular weight excluding hydrogens is 1110 g/mol. The van der Waals surface area contributed by atoms with Crippen LogP contribution in [0, 0.1) is 23.7 Å². The Morgan fingerprint density at radius 1 is 0.686 bits per heavy atom. The predicted molar refractivity (Wildman–Crippen MR) is 310 cm³/mol. The second-order valence-corrected chi connectivity index (χ2v) is 24.5. The number of aliphatic hydroxyl groups is 2. The maximum atomic E-state index is 15.2. The van der Waals surface area contributed by atoms with Gasteiger partial charge in [-0.15, -0.1) is 0 Å². The van der Waals surface area contributed by atoms with Crippen LogP contribution in [-0.4, -0.2) is 218 Å². The number of nitrogens with one attached hydrogen (secondary N) is 5. The highest BCUT2D eigenvalue weighted by atomic mass is 16.5. The third kappa shape index (κ3) is 15.8. The van der Waals surface area contributed by atoms with E-state index in [2.05, 4.69) is 26.6 Å². The van der Waals surface area contributed by atoms with E-state index in [0.29, 0.717) is 24.0 Å². The van der Waals surface area contributed by atoms with Crippen LogP contribution in [0.4, 0.5) is 0 Å². The van der Waals surface area contributed by atoms with Gasteiger partial charge in [0, 0.05) is 59.4 Å². The minimum Gasteiger partial charge on any atom is -0.508 e. The molecule has 2 unspecified atom stereocenters. The molecule has 470 valence electrons. The number of cyclic esters (lactones) is 1. The zero-order valence-corrected chi connectivity index (χ0v) is 50.4. The molecule has 8 N–H and O–H groups in total. The predicted octanol–water partition coefficient (Wildman–Crippen LogP) is -0.484. The van der Waals surface area contributed by atoms with Gasteiger partial charge in [-0.1, -0.05) is 90.4 Å². The fourth-order valence-electron chi connectivity index (χ4n) is 12.3. The van der Waals surface area contributed by atoms with E-state index >= 15 is 4.79 Å². The molecule has 5 heterocycles. The van der Waals surface area contributed by atoms with Crippen LogP contribution in [0.3, 0.4) is 0 Å². The number of phenolic OH excluding ortho intramolecular Hbond substituents is 1. The minimum absolute atomic E-state index is 0.00195. The maximum absolute atomic E-state index is 15.2. The van der Waals surface area contributed by atoms with Crippen LogP contribution in [0.25, 0.3) is 0 Å². The van der Waals surface area contributed by atoms with Gasteiger partial charge in [0.1, 0.15) is 72.8 Å². The van der Waals surface area contributed by atoms with Crippen LogP contribution >= 0.6 is 0 Å². The number of ether oxygens (including phenoxy) is 1. The third-order valence-electron chi connectivity index (χ3n) is 17.3. The van der Waals surface area contributed by atoms with Crippen molar-refractivity contribution in [3.63, 3.8) is 0 Å². The molecule has 5 saturated heterocycles. The van der Waals surface area contributed by atoms with Crippen molar-refractivity contribution < 1.29 is 72.8 Å². The smallest absolute Gasteiger partial charge is 0.328 e. The average Bonchev–Trinajstić information content (AvgIpc) is 1.91. The Hall–Kier alpha value is -7.67. The summed E-state index contributed by atoms with van der Waals surface area (Å²) in [4.78, 5) is 166. The van der Waals surface area contributed by atoms with E-state index in [4.69, 9.17) is 4.74 Å². The lowest BCUT2D eigenvalue weighted by Gasteiger charge is -2.35. The molecule has 7 rings (SSSR count). The minimum atomic E-state index is -1.71. The molecule has 5 fully saturated rings. The SMILES string of the molecule is CC[C@H](C)[C@@H]1NC(=O)[C@@H](CC(C)C)NC(=O)[C@@H]2C[C@H](C)CN2C(=O)C(NC(=O)[C@H](Cc2ccccc2)N(C)C(C)=O)COC(=O)[C@@H]2C[C@H](C)CN2C(=O)[C@@H]2CCCN2C(=O)[C@@H]2C[C@@H](O)CN2C(=O)C(CO)NC(=O)[C@H](Cc2ccc(O)cc2)NC1=O. The molecule has 0 saturated carbocycles.